The average Bonchev–Trinajstić information content (AvgIpc) is 3.22. The second-order valence-corrected chi connectivity index (χ2v) is 10.7. The van der Waals surface area contributed by atoms with Crippen molar-refractivity contribution in [2.75, 3.05) is 4.72 Å². The summed E-state index contributed by atoms with van der Waals surface area (Å²) in [4.78, 5) is 4.79. The Morgan fingerprint density at radius 1 is 0.833 bits per heavy atom. The second-order valence-electron chi connectivity index (χ2n) is 8.54. The molecular weight excluding hydrogens is 492 g/mol. The lowest BCUT2D eigenvalue weighted by atomic mass is 9.84. The molecule has 0 spiro atoms. The van der Waals surface area contributed by atoms with Crippen LogP contribution in [0.5, 0.6) is 0 Å². The van der Waals surface area contributed by atoms with E-state index in [0.29, 0.717) is 22.1 Å². The molecule has 0 fully saturated rings. The van der Waals surface area contributed by atoms with Crippen LogP contribution in [0.1, 0.15) is 17.5 Å². The Bertz CT molecular complexity index is 1570. The summed E-state index contributed by atoms with van der Waals surface area (Å²) in [6, 6.07) is 32.1. The minimum atomic E-state index is -3.85. The molecule has 0 saturated heterocycles. The Labute approximate surface area is 215 Å². The Hall–Kier alpha value is -3.71. The molecular formula is C29H23ClN2O3S. The number of benzene rings is 4. The maximum Gasteiger partial charge on any atom is 0.261 e. The van der Waals surface area contributed by atoms with Gasteiger partial charge in [0, 0.05) is 17.2 Å². The number of allylic oxidation sites excluding steroid dienone is 1. The van der Waals surface area contributed by atoms with Gasteiger partial charge in [-0.2, -0.15) is 0 Å². The molecule has 1 unspecified atom stereocenters. The summed E-state index contributed by atoms with van der Waals surface area (Å²) in [5, 5.41) is 12.3. The van der Waals surface area contributed by atoms with Gasteiger partial charge in [0.05, 0.1) is 16.3 Å². The topological polar surface area (TPSA) is 78.8 Å². The smallest absolute Gasteiger partial charge is 0.261 e. The highest BCUT2D eigenvalue weighted by Gasteiger charge is 2.40. The van der Waals surface area contributed by atoms with E-state index in [2.05, 4.69) is 4.72 Å². The zero-order chi connectivity index (χ0) is 25.2. The molecule has 0 amide bonds. The Kier molecular flexibility index (Phi) is 6.49. The number of nitrogens with zero attached hydrogens (tertiary/aromatic N) is 1. The van der Waals surface area contributed by atoms with Crippen molar-refractivity contribution in [2.45, 2.75) is 16.9 Å². The van der Waals surface area contributed by atoms with E-state index in [1.807, 2.05) is 66.7 Å². The third-order valence-corrected chi connectivity index (χ3v) is 7.62. The molecule has 4 aromatic rings. The number of hydrogen-bond acceptors (Lipinski definition) is 4. The minimum Gasteiger partial charge on any atom is -0.380 e. The first-order chi connectivity index (χ1) is 17.3. The van der Waals surface area contributed by atoms with Crippen molar-refractivity contribution in [2.24, 2.45) is 4.99 Å². The largest absolute Gasteiger partial charge is 0.380 e. The van der Waals surface area contributed by atoms with E-state index in [4.69, 9.17) is 16.6 Å². The highest BCUT2D eigenvalue weighted by atomic mass is 35.5. The van der Waals surface area contributed by atoms with Crippen LogP contribution in [0, 0.1) is 0 Å². The van der Waals surface area contributed by atoms with Crippen molar-refractivity contribution in [3.63, 3.8) is 0 Å². The summed E-state index contributed by atoms with van der Waals surface area (Å²) in [5.41, 5.74) is 2.66. The summed E-state index contributed by atoms with van der Waals surface area (Å²) in [5.74, 6) is 0. The molecule has 7 heteroatoms. The SMILES string of the molecule is O=S(=O)(Nc1cccc(Cl)c1)c1cccc(N=C2C=C(c3ccccc3)C(O)(c3ccccc3)C2)c1. The second kappa shape index (κ2) is 9.74. The monoisotopic (exact) mass is 514 g/mol. The molecule has 1 atom stereocenters. The van der Waals surface area contributed by atoms with Crippen molar-refractivity contribution < 1.29 is 13.5 Å². The van der Waals surface area contributed by atoms with E-state index in [9.17, 15) is 13.5 Å². The lowest BCUT2D eigenvalue weighted by Crippen LogP contribution is -2.25. The first kappa shape index (κ1) is 24.0. The highest BCUT2D eigenvalue weighted by molar-refractivity contribution is 7.92. The van der Waals surface area contributed by atoms with Gasteiger partial charge in [0.2, 0.25) is 0 Å². The molecule has 2 N–H and O–H groups in total. The Morgan fingerprint density at radius 3 is 2.25 bits per heavy atom. The van der Waals surface area contributed by atoms with Crippen LogP contribution >= 0.6 is 11.6 Å². The van der Waals surface area contributed by atoms with Gasteiger partial charge in [-0.25, -0.2) is 8.42 Å². The third kappa shape index (κ3) is 4.97. The van der Waals surface area contributed by atoms with E-state index in [-0.39, 0.29) is 11.3 Å². The summed E-state index contributed by atoms with van der Waals surface area (Å²) in [6.45, 7) is 0. The molecule has 5 rings (SSSR count). The van der Waals surface area contributed by atoms with Crippen LogP contribution in [0.4, 0.5) is 11.4 Å². The molecule has 0 bridgehead atoms. The van der Waals surface area contributed by atoms with Crippen molar-refractivity contribution in [3.05, 3.63) is 131 Å². The molecule has 180 valence electrons. The van der Waals surface area contributed by atoms with Gasteiger partial charge in [-0.15, -0.1) is 0 Å². The number of hydrogen-bond donors (Lipinski definition) is 2. The van der Waals surface area contributed by atoms with Crippen LogP contribution in [0.15, 0.2) is 125 Å². The van der Waals surface area contributed by atoms with Crippen LogP contribution in [0.3, 0.4) is 0 Å². The first-order valence-corrected chi connectivity index (χ1v) is 13.2. The molecule has 0 radical (unpaired) electrons. The van der Waals surface area contributed by atoms with E-state index in [1.165, 1.54) is 12.1 Å². The number of aliphatic imine (C=N–C) groups is 1. The average molecular weight is 515 g/mol. The third-order valence-electron chi connectivity index (χ3n) is 6.01. The van der Waals surface area contributed by atoms with Gasteiger partial charge in [0.1, 0.15) is 5.60 Å². The number of sulfonamides is 1. The van der Waals surface area contributed by atoms with Crippen LogP contribution in [0.2, 0.25) is 5.02 Å². The fourth-order valence-electron chi connectivity index (χ4n) is 4.33. The highest BCUT2D eigenvalue weighted by Crippen LogP contribution is 2.44. The van der Waals surface area contributed by atoms with Gasteiger partial charge < -0.3 is 5.11 Å². The molecule has 0 heterocycles. The Balaban J connectivity index is 1.50. The van der Waals surface area contributed by atoms with E-state index in [1.54, 1.807) is 36.4 Å². The lowest BCUT2D eigenvalue weighted by molar-refractivity contribution is 0.113. The molecule has 0 saturated carbocycles. The number of nitrogens with one attached hydrogen (secondary N) is 1. The van der Waals surface area contributed by atoms with Crippen molar-refractivity contribution in [1.82, 2.24) is 0 Å². The van der Waals surface area contributed by atoms with Crippen LogP contribution in [-0.4, -0.2) is 19.2 Å². The van der Waals surface area contributed by atoms with Crippen molar-refractivity contribution in [1.29, 1.82) is 0 Å². The normalized spacial score (nSPS) is 18.7. The van der Waals surface area contributed by atoms with Gasteiger partial charge in [-0.1, -0.05) is 84.4 Å². The van der Waals surface area contributed by atoms with Crippen LogP contribution in [0.25, 0.3) is 5.57 Å². The summed E-state index contributed by atoms with van der Waals surface area (Å²) >= 11 is 5.98. The van der Waals surface area contributed by atoms with Crippen LogP contribution < -0.4 is 4.72 Å². The number of halogens is 1. The fraction of sp³-hybridized carbons (Fsp3) is 0.0690. The predicted molar refractivity (Wildman–Crippen MR) is 145 cm³/mol. The molecule has 4 aromatic carbocycles. The van der Waals surface area contributed by atoms with Gasteiger partial charge in [0.25, 0.3) is 10.0 Å². The van der Waals surface area contributed by atoms with Crippen molar-refractivity contribution in [3.8, 4) is 0 Å². The number of rotatable bonds is 6. The fourth-order valence-corrected chi connectivity index (χ4v) is 5.61. The van der Waals surface area contributed by atoms with Gasteiger partial charge in [-0.05, 0) is 59.2 Å². The summed E-state index contributed by atoms with van der Waals surface area (Å²) in [6.07, 6.45) is 2.15. The maximum absolute atomic E-state index is 13.0. The molecule has 5 nitrogen and oxygen atoms in total. The summed E-state index contributed by atoms with van der Waals surface area (Å²) in [7, 11) is -3.85. The zero-order valence-electron chi connectivity index (χ0n) is 19.2. The predicted octanol–water partition coefficient (Wildman–Crippen LogP) is 6.59. The van der Waals surface area contributed by atoms with Crippen LogP contribution in [-0.2, 0) is 15.6 Å². The van der Waals surface area contributed by atoms with Crippen molar-refractivity contribution >= 4 is 44.3 Å². The summed E-state index contributed by atoms with van der Waals surface area (Å²) < 4.78 is 28.5. The molecule has 1 aliphatic rings. The quantitative estimate of drug-likeness (QED) is 0.304. The van der Waals surface area contributed by atoms with Gasteiger partial charge >= 0.3 is 0 Å². The maximum atomic E-state index is 13.0. The Morgan fingerprint density at radius 2 is 1.53 bits per heavy atom. The van der Waals surface area contributed by atoms with Gasteiger partial charge in [-0.3, -0.25) is 9.71 Å². The lowest BCUT2D eigenvalue weighted by Gasteiger charge is -2.27. The van der Waals surface area contributed by atoms with E-state index in [0.717, 1.165) is 16.7 Å². The number of anilines is 1. The first-order valence-electron chi connectivity index (χ1n) is 11.3. The van der Waals surface area contributed by atoms with E-state index >= 15 is 0 Å². The zero-order valence-corrected chi connectivity index (χ0v) is 20.7. The minimum absolute atomic E-state index is 0.0768. The molecule has 36 heavy (non-hydrogen) atoms. The van der Waals surface area contributed by atoms with Gasteiger partial charge in [0.15, 0.2) is 0 Å². The standard InChI is InChI=1S/C29H23ClN2O3S/c30-23-13-7-15-25(17-23)32-36(34,35)27-16-8-14-24(18-27)31-26-19-28(21-9-3-1-4-10-21)29(33,20-26)22-11-5-2-6-12-22/h1-19,32-33H,20H2. The molecule has 1 aliphatic carbocycles. The molecule has 0 aliphatic heterocycles. The number of aliphatic hydroxyl groups is 1. The van der Waals surface area contributed by atoms with E-state index < -0.39 is 15.6 Å². The molecule has 0 aromatic heterocycles.